The lowest BCUT2D eigenvalue weighted by atomic mass is 10.1. The molecule has 2 heterocycles. The highest BCUT2D eigenvalue weighted by atomic mass is 127. The maximum atomic E-state index is 11.6. The number of carbonyl (C=O) groups excluding carboxylic acids is 1. The lowest BCUT2D eigenvalue weighted by Crippen LogP contribution is -2.49. The number of rotatable bonds is 4. The van der Waals surface area contributed by atoms with E-state index in [9.17, 15) is 4.79 Å². The minimum Gasteiger partial charge on any atom is -0.453 e. The number of aromatic nitrogens is 2. The van der Waals surface area contributed by atoms with Gasteiger partial charge in [0.05, 0.1) is 12.8 Å². The summed E-state index contributed by atoms with van der Waals surface area (Å²) in [7, 11) is 3.18. The summed E-state index contributed by atoms with van der Waals surface area (Å²) in [6.07, 6.45) is 5.17. The third-order valence-electron chi connectivity index (χ3n) is 4.63. The largest absolute Gasteiger partial charge is 0.453 e. The van der Waals surface area contributed by atoms with Gasteiger partial charge >= 0.3 is 6.09 Å². The van der Waals surface area contributed by atoms with Crippen LogP contribution in [0.5, 0.6) is 0 Å². The van der Waals surface area contributed by atoms with Crippen molar-refractivity contribution in [2.75, 3.05) is 27.2 Å². The molecule has 3 rings (SSSR count). The van der Waals surface area contributed by atoms with Crippen LogP contribution >= 0.6 is 24.0 Å². The van der Waals surface area contributed by atoms with Crippen molar-refractivity contribution < 1.29 is 9.53 Å². The van der Waals surface area contributed by atoms with Crippen molar-refractivity contribution in [3.8, 4) is 5.69 Å². The zero-order valence-corrected chi connectivity index (χ0v) is 18.5. The van der Waals surface area contributed by atoms with Gasteiger partial charge < -0.3 is 20.3 Å². The van der Waals surface area contributed by atoms with Gasteiger partial charge in [0.25, 0.3) is 0 Å². The molecule has 0 radical (unpaired) electrons. The van der Waals surface area contributed by atoms with E-state index in [1.54, 1.807) is 18.1 Å². The number of nitrogens with zero attached hydrogens (tertiary/aromatic N) is 4. The Morgan fingerprint density at radius 1 is 1.32 bits per heavy atom. The van der Waals surface area contributed by atoms with E-state index < -0.39 is 0 Å². The first-order valence-electron chi connectivity index (χ1n) is 9.08. The van der Waals surface area contributed by atoms with E-state index >= 15 is 0 Å². The smallest absolute Gasteiger partial charge is 0.409 e. The number of guanidine groups is 1. The van der Waals surface area contributed by atoms with Gasteiger partial charge in [0.2, 0.25) is 0 Å². The lowest BCUT2D eigenvalue weighted by Gasteiger charge is -2.32. The molecule has 9 heteroatoms. The number of carbonyl (C=O) groups is 1. The fraction of sp³-hybridized carbons (Fsp3) is 0.421. The second-order valence-corrected chi connectivity index (χ2v) is 6.42. The maximum absolute atomic E-state index is 11.6. The van der Waals surface area contributed by atoms with Gasteiger partial charge in [-0.05, 0) is 36.6 Å². The molecule has 28 heavy (non-hydrogen) atoms. The van der Waals surface area contributed by atoms with Crippen LogP contribution in [0.1, 0.15) is 18.4 Å². The average Bonchev–Trinajstić information content (AvgIpc) is 3.26. The second-order valence-electron chi connectivity index (χ2n) is 6.42. The van der Waals surface area contributed by atoms with Crippen molar-refractivity contribution in [2.24, 2.45) is 4.99 Å². The number of piperidine rings is 1. The Balaban J connectivity index is 0.00000280. The summed E-state index contributed by atoms with van der Waals surface area (Å²) in [5.74, 6) is 0.760. The van der Waals surface area contributed by atoms with Gasteiger partial charge in [-0.1, -0.05) is 12.1 Å². The zero-order valence-electron chi connectivity index (χ0n) is 16.2. The van der Waals surface area contributed by atoms with Crippen molar-refractivity contribution >= 4 is 36.0 Å². The summed E-state index contributed by atoms with van der Waals surface area (Å²) in [6, 6.07) is 10.4. The Morgan fingerprint density at radius 2 is 2.11 bits per heavy atom. The molecule has 1 saturated heterocycles. The normalized spacial score (nSPS) is 14.9. The molecule has 1 aromatic heterocycles. The summed E-state index contributed by atoms with van der Waals surface area (Å²) in [6.45, 7) is 2.04. The Morgan fingerprint density at radius 3 is 2.75 bits per heavy atom. The molecule has 1 aliphatic rings. The highest BCUT2D eigenvalue weighted by Crippen LogP contribution is 2.12. The van der Waals surface area contributed by atoms with E-state index in [1.165, 1.54) is 7.11 Å². The molecule has 0 atom stereocenters. The van der Waals surface area contributed by atoms with Crippen LogP contribution in [0, 0.1) is 0 Å². The quantitative estimate of drug-likeness (QED) is 0.385. The van der Waals surface area contributed by atoms with E-state index in [0.717, 1.165) is 30.1 Å². The Bertz CT molecular complexity index is 772. The van der Waals surface area contributed by atoms with Crippen LogP contribution in [0.2, 0.25) is 0 Å². The first-order valence-corrected chi connectivity index (χ1v) is 9.08. The molecule has 0 spiro atoms. The van der Waals surface area contributed by atoms with E-state index in [0.29, 0.717) is 19.6 Å². The van der Waals surface area contributed by atoms with Crippen LogP contribution in [0.3, 0.4) is 0 Å². The molecule has 2 N–H and O–H groups in total. The highest BCUT2D eigenvalue weighted by Gasteiger charge is 2.23. The molecule has 152 valence electrons. The van der Waals surface area contributed by atoms with Gasteiger partial charge in [-0.25, -0.2) is 9.48 Å². The van der Waals surface area contributed by atoms with E-state index in [4.69, 9.17) is 4.74 Å². The molecule has 0 unspecified atom stereocenters. The molecular weight excluding hydrogens is 471 g/mol. The molecular formula is C19H27IN6O2. The number of likely N-dealkylation sites (tertiary alicyclic amines) is 1. The SMILES string of the molecule is CN=C(NCc1cccc(-n2cccn2)c1)NC1CCN(C(=O)OC)CC1.I. The van der Waals surface area contributed by atoms with Gasteiger partial charge in [0.15, 0.2) is 5.96 Å². The summed E-state index contributed by atoms with van der Waals surface area (Å²) < 4.78 is 6.61. The number of halogens is 1. The van der Waals surface area contributed by atoms with Crippen LogP contribution in [-0.4, -0.2) is 60.0 Å². The maximum Gasteiger partial charge on any atom is 0.409 e. The molecule has 2 aromatic rings. The topological polar surface area (TPSA) is 83.8 Å². The van der Waals surface area contributed by atoms with E-state index in [2.05, 4.69) is 32.9 Å². The summed E-state index contributed by atoms with van der Waals surface area (Å²) >= 11 is 0. The molecule has 1 fully saturated rings. The summed E-state index contributed by atoms with van der Waals surface area (Å²) in [5.41, 5.74) is 2.17. The number of aliphatic imine (C=N–C) groups is 1. The third kappa shape index (κ3) is 5.85. The molecule has 0 saturated carbocycles. The number of hydrogen-bond donors (Lipinski definition) is 2. The van der Waals surface area contributed by atoms with Gasteiger partial charge in [0, 0.05) is 45.1 Å². The molecule has 0 bridgehead atoms. The summed E-state index contributed by atoms with van der Waals surface area (Å²) in [5, 5.41) is 11.1. The van der Waals surface area contributed by atoms with E-state index in [1.807, 2.05) is 29.1 Å². The molecule has 1 amide bonds. The Kier molecular flexibility index (Phi) is 8.55. The Labute approximate surface area is 182 Å². The van der Waals surface area contributed by atoms with Crippen molar-refractivity contribution in [2.45, 2.75) is 25.4 Å². The number of nitrogens with one attached hydrogen (secondary N) is 2. The van der Waals surface area contributed by atoms with Gasteiger partial charge in [-0.15, -0.1) is 24.0 Å². The lowest BCUT2D eigenvalue weighted by molar-refractivity contribution is 0.111. The predicted molar refractivity (Wildman–Crippen MR) is 119 cm³/mol. The van der Waals surface area contributed by atoms with Crippen molar-refractivity contribution in [1.82, 2.24) is 25.3 Å². The molecule has 8 nitrogen and oxygen atoms in total. The van der Waals surface area contributed by atoms with Crippen LogP contribution in [0.4, 0.5) is 4.79 Å². The zero-order chi connectivity index (χ0) is 19.1. The number of methoxy groups -OCH3 is 1. The van der Waals surface area contributed by atoms with Crippen LogP contribution in [0.15, 0.2) is 47.7 Å². The number of ether oxygens (including phenoxy) is 1. The van der Waals surface area contributed by atoms with Crippen molar-refractivity contribution in [3.63, 3.8) is 0 Å². The van der Waals surface area contributed by atoms with Crippen LogP contribution in [-0.2, 0) is 11.3 Å². The number of benzene rings is 1. The monoisotopic (exact) mass is 498 g/mol. The molecule has 0 aliphatic carbocycles. The highest BCUT2D eigenvalue weighted by molar-refractivity contribution is 14.0. The van der Waals surface area contributed by atoms with Gasteiger partial charge in [-0.2, -0.15) is 5.10 Å². The fourth-order valence-electron chi connectivity index (χ4n) is 3.14. The fourth-order valence-corrected chi connectivity index (χ4v) is 3.14. The number of hydrogen-bond acceptors (Lipinski definition) is 4. The second kappa shape index (κ2) is 10.9. The van der Waals surface area contributed by atoms with Crippen LogP contribution < -0.4 is 10.6 Å². The first-order chi connectivity index (χ1) is 13.2. The minimum atomic E-state index is -0.256. The van der Waals surface area contributed by atoms with Crippen molar-refractivity contribution in [3.05, 3.63) is 48.3 Å². The molecule has 1 aromatic carbocycles. The van der Waals surface area contributed by atoms with Crippen molar-refractivity contribution in [1.29, 1.82) is 0 Å². The molecule has 1 aliphatic heterocycles. The van der Waals surface area contributed by atoms with Gasteiger partial charge in [-0.3, -0.25) is 4.99 Å². The minimum absolute atomic E-state index is 0. The van der Waals surface area contributed by atoms with E-state index in [-0.39, 0.29) is 36.1 Å². The Hall–Kier alpha value is -2.30. The van der Waals surface area contributed by atoms with Crippen LogP contribution in [0.25, 0.3) is 5.69 Å². The number of amides is 1. The summed E-state index contributed by atoms with van der Waals surface area (Å²) in [4.78, 5) is 17.6. The standard InChI is InChI=1S/C19H26N6O2.HI/c1-20-18(23-16-7-11-24(12-8-16)19(26)27-2)21-14-15-5-3-6-17(13-15)25-10-4-9-22-25;/h3-6,9-10,13,16H,7-8,11-12,14H2,1-2H3,(H2,20,21,23);1H. The third-order valence-corrected chi connectivity index (χ3v) is 4.63. The average molecular weight is 498 g/mol. The predicted octanol–water partition coefficient (Wildman–Crippen LogP) is 2.39. The van der Waals surface area contributed by atoms with Gasteiger partial charge in [0.1, 0.15) is 0 Å². The first kappa shape index (κ1) is 22.0.